The highest BCUT2D eigenvalue weighted by atomic mass is 19.4. The van der Waals surface area contributed by atoms with E-state index in [0.717, 1.165) is 0 Å². The van der Waals surface area contributed by atoms with Crippen LogP contribution in [0.3, 0.4) is 0 Å². The molecule has 0 aromatic heterocycles. The number of hydrogen-bond acceptors (Lipinski definition) is 1. The summed E-state index contributed by atoms with van der Waals surface area (Å²) in [7, 11) is 0. The van der Waals surface area contributed by atoms with Gasteiger partial charge in [0, 0.05) is 6.54 Å². The summed E-state index contributed by atoms with van der Waals surface area (Å²) in [6.45, 7) is 0.359. The fourth-order valence-electron chi connectivity index (χ4n) is 0.757. The maximum absolute atomic E-state index is 12.5. The van der Waals surface area contributed by atoms with Gasteiger partial charge in [-0.15, -0.1) is 6.42 Å². The van der Waals surface area contributed by atoms with Crippen LogP contribution in [0.4, 0.5) is 22.0 Å². The summed E-state index contributed by atoms with van der Waals surface area (Å²) in [4.78, 5) is 11.1. The number of terminal acetylenes is 1. The van der Waals surface area contributed by atoms with Crippen molar-refractivity contribution in [2.45, 2.75) is 19.0 Å². The van der Waals surface area contributed by atoms with E-state index in [4.69, 9.17) is 6.42 Å². The molecule has 0 saturated heterocycles. The van der Waals surface area contributed by atoms with Crippen LogP contribution in [-0.2, 0) is 4.79 Å². The predicted molar refractivity (Wildman–Crippen MR) is 42.1 cm³/mol. The van der Waals surface area contributed by atoms with Gasteiger partial charge < -0.3 is 4.90 Å². The van der Waals surface area contributed by atoms with Crippen LogP contribution in [0.2, 0.25) is 0 Å². The molecule has 0 aliphatic carbocycles. The Hall–Kier alpha value is -1.32. The summed E-state index contributed by atoms with van der Waals surface area (Å²) in [6.07, 6.45) is -1.17. The first-order valence-electron chi connectivity index (χ1n) is 3.85. The third-order valence-corrected chi connectivity index (χ3v) is 1.58. The molecule has 0 bridgehead atoms. The van der Waals surface area contributed by atoms with E-state index >= 15 is 0 Å². The van der Waals surface area contributed by atoms with Crippen molar-refractivity contribution >= 4 is 5.91 Å². The van der Waals surface area contributed by atoms with Crippen LogP contribution >= 0.6 is 0 Å². The van der Waals surface area contributed by atoms with Crippen molar-refractivity contribution in [3.63, 3.8) is 0 Å². The summed E-state index contributed by atoms with van der Waals surface area (Å²) in [6, 6.07) is 0. The van der Waals surface area contributed by atoms with Gasteiger partial charge >= 0.3 is 18.0 Å². The molecular weight excluding hydrogens is 221 g/mol. The largest absolute Gasteiger partial charge is 0.463 e. The van der Waals surface area contributed by atoms with Crippen LogP contribution < -0.4 is 0 Å². The van der Waals surface area contributed by atoms with Crippen LogP contribution in [-0.4, -0.2) is 36.0 Å². The van der Waals surface area contributed by atoms with Crippen molar-refractivity contribution in [2.75, 3.05) is 13.1 Å². The summed E-state index contributed by atoms with van der Waals surface area (Å²) in [5.74, 6) is -5.89. The molecule has 0 spiro atoms. The van der Waals surface area contributed by atoms with Crippen LogP contribution in [0.25, 0.3) is 0 Å². The van der Waals surface area contributed by atoms with Crippen LogP contribution in [0.15, 0.2) is 0 Å². The zero-order valence-corrected chi connectivity index (χ0v) is 7.74. The average molecular weight is 229 g/mol. The van der Waals surface area contributed by atoms with E-state index < -0.39 is 24.6 Å². The van der Waals surface area contributed by atoms with E-state index in [1.165, 1.54) is 6.92 Å². The van der Waals surface area contributed by atoms with E-state index in [9.17, 15) is 26.7 Å². The Morgan fingerprint density at radius 3 is 2.07 bits per heavy atom. The van der Waals surface area contributed by atoms with Gasteiger partial charge in [-0.25, -0.2) is 0 Å². The zero-order valence-electron chi connectivity index (χ0n) is 7.74. The minimum Gasteiger partial charge on any atom is -0.326 e. The van der Waals surface area contributed by atoms with E-state index in [1.54, 1.807) is 0 Å². The molecule has 0 rings (SSSR count). The lowest BCUT2D eigenvalue weighted by atomic mass is 10.2. The Bertz CT molecular complexity index is 278. The number of hydrogen-bond donors (Lipinski definition) is 0. The number of halogens is 5. The number of alkyl halides is 5. The smallest absolute Gasteiger partial charge is 0.326 e. The van der Waals surface area contributed by atoms with E-state index in [2.05, 4.69) is 0 Å². The Labute approximate surface area is 83.0 Å². The molecule has 86 valence electrons. The molecule has 0 aliphatic rings. The first-order valence-corrected chi connectivity index (χ1v) is 3.85. The summed E-state index contributed by atoms with van der Waals surface area (Å²) >= 11 is 0. The van der Waals surface area contributed by atoms with Gasteiger partial charge in [-0.1, -0.05) is 5.92 Å². The maximum Gasteiger partial charge on any atom is 0.463 e. The molecule has 7 heteroatoms. The Balaban J connectivity index is 4.91. The second kappa shape index (κ2) is 4.47. The van der Waals surface area contributed by atoms with Crippen molar-refractivity contribution in [1.82, 2.24) is 4.90 Å². The SMILES string of the molecule is C#CCN(CC)C(=O)C(F)(F)C(F)(F)F. The summed E-state index contributed by atoms with van der Waals surface area (Å²) in [5, 5.41) is 0. The molecule has 0 heterocycles. The monoisotopic (exact) mass is 229 g/mol. The minimum absolute atomic E-state index is 0.257. The molecule has 0 aromatic rings. The Kier molecular flexibility index (Phi) is 4.07. The van der Waals surface area contributed by atoms with Gasteiger partial charge in [-0.2, -0.15) is 22.0 Å². The fourth-order valence-corrected chi connectivity index (χ4v) is 0.757. The number of amides is 1. The number of rotatable bonds is 3. The molecule has 2 nitrogen and oxygen atoms in total. The van der Waals surface area contributed by atoms with Crippen molar-refractivity contribution in [3.05, 3.63) is 0 Å². The minimum atomic E-state index is -5.90. The van der Waals surface area contributed by atoms with Crippen molar-refractivity contribution in [3.8, 4) is 12.3 Å². The fraction of sp³-hybridized carbons (Fsp3) is 0.625. The molecule has 0 fully saturated rings. The van der Waals surface area contributed by atoms with Crippen molar-refractivity contribution < 1.29 is 26.7 Å². The van der Waals surface area contributed by atoms with Gasteiger partial charge in [0.25, 0.3) is 0 Å². The third-order valence-electron chi connectivity index (χ3n) is 1.58. The van der Waals surface area contributed by atoms with E-state index in [-0.39, 0.29) is 11.4 Å². The second-order valence-corrected chi connectivity index (χ2v) is 2.60. The van der Waals surface area contributed by atoms with Crippen molar-refractivity contribution in [1.29, 1.82) is 0 Å². The average Bonchev–Trinajstić information content (AvgIpc) is 2.11. The number of carbonyl (C=O) groups is 1. The van der Waals surface area contributed by atoms with E-state index in [1.807, 2.05) is 5.92 Å². The van der Waals surface area contributed by atoms with Crippen molar-refractivity contribution in [2.24, 2.45) is 0 Å². The molecule has 0 saturated carbocycles. The molecule has 0 unspecified atom stereocenters. The first-order chi connectivity index (χ1) is 6.68. The standard InChI is InChI=1S/C8H8F5NO/c1-3-5-14(4-2)6(15)7(9,10)8(11,12)13/h1H,4-5H2,2H3. The van der Waals surface area contributed by atoms with Crippen LogP contribution in [0.5, 0.6) is 0 Å². The summed E-state index contributed by atoms with van der Waals surface area (Å²) in [5.41, 5.74) is 0. The molecule has 0 N–H and O–H groups in total. The van der Waals surface area contributed by atoms with Crippen LogP contribution in [0, 0.1) is 12.3 Å². The molecule has 0 radical (unpaired) electrons. The van der Waals surface area contributed by atoms with Gasteiger partial charge in [0.2, 0.25) is 0 Å². The second-order valence-electron chi connectivity index (χ2n) is 2.60. The Morgan fingerprint density at radius 1 is 1.33 bits per heavy atom. The van der Waals surface area contributed by atoms with Gasteiger partial charge in [0.1, 0.15) is 0 Å². The van der Waals surface area contributed by atoms with E-state index in [0.29, 0.717) is 0 Å². The highest BCUT2D eigenvalue weighted by Crippen LogP contribution is 2.36. The molecule has 15 heavy (non-hydrogen) atoms. The van der Waals surface area contributed by atoms with Crippen LogP contribution in [0.1, 0.15) is 6.92 Å². The molecule has 0 aromatic carbocycles. The van der Waals surface area contributed by atoms with Gasteiger partial charge in [-0.3, -0.25) is 4.79 Å². The number of carbonyl (C=O) groups excluding carboxylic acids is 1. The summed E-state index contributed by atoms with van der Waals surface area (Å²) < 4.78 is 60.3. The first kappa shape index (κ1) is 13.7. The highest BCUT2D eigenvalue weighted by molar-refractivity contribution is 5.84. The molecule has 1 amide bonds. The van der Waals surface area contributed by atoms with Gasteiger partial charge in [0.15, 0.2) is 0 Å². The highest BCUT2D eigenvalue weighted by Gasteiger charge is 2.64. The predicted octanol–water partition coefficient (Wildman–Crippen LogP) is 1.67. The third kappa shape index (κ3) is 2.81. The molecule has 0 atom stereocenters. The maximum atomic E-state index is 12.5. The quantitative estimate of drug-likeness (QED) is 0.532. The topological polar surface area (TPSA) is 20.3 Å². The lowest BCUT2D eigenvalue weighted by molar-refractivity contribution is -0.274. The molecule has 0 aliphatic heterocycles. The van der Waals surface area contributed by atoms with Gasteiger partial charge in [-0.05, 0) is 6.92 Å². The lowest BCUT2D eigenvalue weighted by Gasteiger charge is -2.25. The normalized spacial score (nSPS) is 12.1. The van der Waals surface area contributed by atoms with Gasteiger partial charge in [0.05, 0.1) is 6.54 Å². The number of nitrogens with zero attached hydrogens (tertiary/aromatic N) is 1. The lowest BCUT2D eigenvalue weighted by Crippen LogP contribution is -2.52. The zero-order chi connectivity index (χ0) is 12.3. The Morgan fingerprint density at radius 2 is 1.80 bits per heavy atom. The molecular formula is C8H8F5NO.